The number of amides is 2. The molecule has 1 saturated carbocycles. The molecule has 6 heteroatoms. The van der Waals surface area contributed by atoms with E-state index in [9.17, 15) is 9.59 Å². The van der Waals surface area contributed by atoms with Crippen molar-refractivity contribution in [2.75, 3.05) is 5.32 Å². The fourth-order valence-electron chi connectivity index (χ4n) is 2.37. The van der Waals surface area contributed by atoms with Crippen molar-refractivity contribution < 1.29 is 14.7 Å². The molecule has 0 aromatic heterocycles. The van der Waals surface area contributed by atoms with Gasteiger partial charge in [0.15, 0.2) is 0 Å². The first-order valence-corrected chi connectivity index (χ1v) is 6.73. The molecule has 20 heavy (non-hydrogen) atoms. The van der Waals surface area contributed by atoms with Gasteiger partial charge in [-0.05, 0) is 37.1 Å². The lowest BCUT2D eigenvalue weighted by atomic mass is 9.91. The zero-order chi connectivity index (χ0) is 14.5. The van der Waals surface area contributed by atoms with Crippen LogP contribution < -0.4 is 16.4 Å². The second-order valence-electron chi connectivity index (χ2n) is 5.04. The Labute approximate surface area is 117 Å². The normalized spacial score (nSPS) is 22.1. The molecule has 1 fully saturated rings. The van der Waals surface area contributed by atoms with Crippen molar-refractivity contribution in [2.24, 2.45) is 5.73 Å². The van der Waals surface area contributed by atoms with Crippen molar-refractivity contribution in [1.82, 2.24) is 5.32 Å². The fraction of sp³-hybridized carbons (Fsp3) is 0.429. The maximum atomic E-state index is 11.9. The van der Waals surface area contributed by atoms with E-state index in [0.29, 0.717) is 5.69 Å². The number of benzene rings is 1. The van der Waals surface area contributed by atoms with Crippen molar-refractivity contribution in [2.45, 2.75) is 37.8 Å². The number of hydrogen-bond acceptors (Lipinski definition) is 3. The number of carbonyl (C=O) groups is 2. The minimum absolute atomic E-state index is 0.00189. The molecule has 1 aromatic rings. The summed E-state index contributed by atoms with van der Waals surface area (Å²) in [6.07, 6.45) is 4.01. The maximum absolute atomic E-state index is 11.9. The van der Waals surface area contributed by atoms with Gasteiger partial charge >= 0.3 is 12.0 Å². The van der Waals surface area contributed by atoms with Crippen LogP contribution in [0, 0.1) is 0 Å². The van der Waals surface area contributed by atoms with Gasteiger partial charge in [-0.25, -0.2) is 9.59 Å². The van der Waals surface area contributed by atoms with E-state index in [1.165, 1.54) is 12.1 Å². The minimum atomic E-state index is -0.991. The lowest BCUT2D eigenvalue weighted by Gasteiger charge is -2.29. The van der Waals surface area contributed by atoms with Crippen molar-refractivity contribution in [3.63, 3.8) is 0 Å². The van der Waals surface area contributed by atoms with Gasteiger partial charge in [0, 0.05) is 17.8 Å². The molecule has 1 aromatic carbocycles. The Morgan fingerprint density at radius 2 is 1.80 bits per heavy atom. The number of nitrogens with two attached hydrogens (primary N) is 1. The standard InChI is InChI=1S/C14H19N3O3/c15-11-3-1-2-4-12(11)17-14(20)16-10-7-5-9(6-8-10)13(18)19/h5-8,11-12H,1-4,15H2,(H,18,19)(H2,16,17,20). The summed E-state index contributed by atoms with van der Waals surface area (Å²) in [5.41, 5.74) is 6.70. The Morgan fingerprint density at radius 3 is 2.40 bits per heavy atom. The predicted molar refractivity (Wildman–Crippen MR) is 75.8 cm³/mol. The molecule has 2 rings (SSSR count). The molecule has 0 radical (unpaired) electrons. The Bertz CT molecular complexity index is 487. The topological polar surface area (TPSA) is 104 Å². The van der Waals surface area contributed by atoms with Gasteiger partial charge < -0.3 is 21.5 Å². The van der Waals surface area contributed by atoms with E-state index in [1.807, 2.05) is 0 Å². The number of anilines is 1. The molecule has 6 nitrogen and oxygen atoms in total. The van der Waals surface area contributed by atoms with Gasteiger partial charge in [0.25, 0.3) is 0 Å². The van der Waals surface area contributed by atoms with Gasteiger partial charge in [-0.15, -0.1) is 0 Å². The number of rotatable bonds is 3. The molecule has 2 amide bonds. The molecule has 0 heterocycles. The Balaban J connectivity index is 1.89. The quantitative estimate of drug-likeness (QED) is 0.676. The predicted octanol–water partition coefficient (Wildman–Crippen LogP) is 1.78. The van der Waals surface area contributed by atoms with Gasteiger partial charge in [0.1, 0.15) is 0 Å². The van der Waals surface area contributed by atoms with E-state index in [2.05, 4.69) is 10.6 Å². The van der Waals surface area contributed by atoms with E-state index in [0.717, 1.165) is 25.7 Å². The van der Waals surface area contributed by atoms with Crippen molar-refractivity contribution >= 4 is 17.7 Å². The second-order valence-corrected chi connectivity index (χ2v) is 5.04. The summed E-state index contributed by atoms with van der Waals surface area (Å²) < 4.78 is 0. The molecular weight excluding hydrogens is 258 g/mol. The molecular formula is C14H19N3O3. The van der Waals surface area contributed by atoms with E-state index in [-0.39, 0.29) is 23.7 Å². The number of carboxylic acid groups (broad SMARTS) is 1. The highest BCUT2D eigenvalue weighted by Gasteiger charge is 2.23. The summed E-state index contributed by atoms with van der Waals surface area (Å²) in [5.74, 6) is -0.991. The zero-order valence-electron chi connectivity index (χ0n) is 11.1. The second kappa shape index (κ2) is 6.38. The Kier molecular flexibility index (Phi) is 4.57. The third kappa shape index (κ3) is 3.71. The van der Waals surface area contributed by atoms with Gasteiger partial charge in [0.2, 0.25) is 0 Å². The van der Waals surface area contributed by atoms with Crippen LogP contribution in [0.25, 0.3) is 0 Å². The lowest BCUT2D eigenvalue weighted by molar-refractivity contribution is 0.0697. The summed E-state index contributed by atoms with van der Waals surface area (Å²) in [4.78, 5) is 22.6. The highest BCUT2D eigenvalue weighted by atomic mass is 16.4. The monoisotopic (exact) mass is 277 g/mol. The third-order valence-corrected chi connectivity index (χ3v) is 3.53. The SMILES string of the molecule is NC1CCCCC1NC(=O)Nc1ccc(C(=O)O)cc1. The minimum Gasteiger partial charge on any atom is -0.478 e. The number of hydrogen-bond donors (Lipinski definition) is 4. The van der Waals surface area contributed by atoms with Crippen LogP contribution in [0.2, 0.25) is 0 Å². The summed E-state index contributed by atoms with van der Waals surface area (Å²) in [6.45, 7) is 0. The summed E-state index contributed by atoms with van der Waals surface area (Å²) in [7, 11) is 0. The number of urea groups is 1. The maximum Gasteiger partial charge on any atom is 0.335 e. The number of nitrogens with one attached hydrogen (secondary N) is 2. The lowest BCUT2D eigenvalue weighted by Crippen LogP contribution is -2.50. The first-order valence-electron chi connectivity index (χ1n) is 6.73. The van der Waals surface area contributed by atoms with Gasteiger partial charge in [-0.3, -0.25) is 0 Å². The van der Waals surface area contributed by atoms with Crippen LogP contribution in [0.3, 0.4) is 0 Å². The Hall–Kier alpha value is -2.08. The first-order chi connectivity index (χ1) is 9.56. The van der Waals surface area contributed by atoms with Crippen molar-refractivity contribution in [1.29, 1.82) is 0 Å². The molecule has 108 valence electrons. The van der Waals surface area contributed by atoms with E-state index in [4.69, 9.17) is 10.8 Å². The van der Waals surface area contributed by atoms with Gasteiger partial charge in [-0.1, -0.05) is 12.8 Å². The average Bonchev–Trinajstić information content (AvgIpc) is 2.42. The smallest absolute Gasteiger partial charge is 0.335 e. The molecule has 0 spiro atoms. The molecule has 1 aliphatic carbocycles. The van der Waals surface area contributed by atoms with Crippen LogP contribution in [-0.2, 0) is 0 Å². The van der Waals surface area contributed by atoms with Crippen LogP contribution in [0.5, 0.6) is 0 Å². The molecule has 0 saturated heterocycles. The largest absolute Gasteiger partial charge is 0.478 e. The fourth-order valence-corrected chi connectivity index (χ4v) is 2.37. The molecule has 5 N–H and O–H groups in total. The van der Waals surface area contributed by atoms with Gasteiger partial charge in [0.05, 0.1) is 5.56 Å². The van der Waals surface area contributed by atoms with E-state index in [1.54, 1.807) is 12.1 Å². The van der Waals surface area contributed by atoms with Crippen molar-refractivity contribution in [3.8, 4) is 0 Å². The number of carboxylic acids is 1. The number of carbonyl (C=O) groups excluding carboxylic acids is 1. The molecule has 2 atom stereocenters. The highest BCUT2D eigenvalue weighted by molar-refractivity contribution is 5.91. The summed E-state index contributed by atoms with van der Waals surface area (Å²) >= 11 is 0. The third-order valence-electron chi connectivity index (χ3n) is 3.53. The zero-order valence-corrected chi connectivity index (χ0v) is 11.1. The van der Waals surface area contributed by atoms with Gasteiger partial charge in [-0.2, -0.15) is 0 Å². The van der Waals surface area contributed by atoms with E-state index >= 15 is 0 Å². The Morgan fingerprint density at radius 1 is 1.15 bits per heavy atom. The highest BCUT2D eigenvalue weighted by Crippen LogP contribution is 2.17. The molecule has 0 aliphatic heterocycles. The van der Waals surface area contributed by atoms with E-state index < -0.39 is 5.97 Å². The average molecular weight is 277 g/mol. The number of aromatic carboxylic acids is 1. The van der Waals surface area contributed by atoms with Crippen molar-refractivity contribution in [3.05, 3.63) is 29.8 Å². The van der Waals surface area contributed by atoms with Crippen LogP contribution in [0.15, 0.2) is 24.3 Å². The summed E-state index contributed by atoms with van der Waals surface area (Å²) in [6, 6.07) is 5.71. The van der Waals surface area contributed by atoms with Crippen LogP contribution in [0.1, 0.15) is 36.0 Å². The molecule has 2 unspecified atom stereocenters. The molecule has 1 aliphatic rings. The summed E-state index contributed by atoms with van der Waals surface area (Å²) in [5, 5.41) is 14.3. The van der Waals surface area contributed by atoms with Crippen LogP contribution in [-0.4, -0.2) is 29.2 Å². The first kappa shape index (κ1) is 14.3. The molecule has 0 bridgehead atoms. The van der Waals surface area contributed by atoms with Crippen LogP contribution >= 0.6 is 0 Å². The van der Waals surface area contributed by atoms with Crippen LogP contribution in [0.4, 0.5) is 10.5 Å².